The molecule has 3 aromatic carbocycles. The Labute approximate surface area is 147 Å². The normalized spacial score (nSPS) is 11.6. The molecule has 2 aromatic heterocycles. The lowest BCUT2D eigenvalue weighted by atomic mass is 10.1. The van der Waals surface area contributed by atoms with Crippen LogP contribution in [0.1, 0.15) is 5.56 Å². The molecule has 5 rings (SSSR count). The fourth-order valence-electron chi connectivity index (χ4n) is 3.45. The summed E-state index contributed by atoms with van der Waals surface area (Å²) in [7, 11) is 0. The lowest BCUT2D eigenvalue weighted by Crippen LogP contribution is -2.20. The Kier molecular flexibility index (Phi) is 3.00. The zero-order chi connectivity index (χ0) is 17.8. The minimum Gasteiger partial charge on any atom is -0.267 e. The minimum absolute atomic E-state index is 0.172. The molecule has 4 nitrogen and oxygen atoms in total. The second kappa shape index (κ2) is 5.26. The number of aromatic nitrogens is 3. The molecule has 0 aliphatic carbocycles. The Morgan fingerprint density at radius 3 is 2.54 bits per heavy atom. The Morgan fingerprint density at radius 2 is 1.73 bits per heavy atom. The Hall–Kier alpha value is -3.47. The van der Waals surface area contributed by atoms with Crippen LogP contribution in [0.3, 0.4) is 0 Å². The molecule has 0 spiro atoms. The second-order valence-electron chi connectivity index (χ2n) is 6.38. The van der Waals surface area contributed by atoms with Crippen LogP contribution in [0.15, 0.2) is 71.5 Å². The average molecular weight is 343 g/mol. The summed E-state index contributed by atoms with van der Waals surface area (Å²) in [5, 5.41) is 1.28. The van der Waals surface area contributed by atoms with Gasteiger partial charge in [0.15, 0.2) is 5.65 Å². The van der Waals surface area contributed by atoms with Gasteiger partial charge in [-0.25, -0.2) is 14.1 Å². The van der Waals surface area contributed by atoms with Crippen molar-refractivity contribution >= 4 is 27.5 Å². The third-order valence-electron chi connectivity index (χ3n) is 4.63. The third kappa shape index (κ3) is 2.00. The first kappa shape index (κ1) is 14.8. The number of para-hydroxylation sites is 1. The van der Waals surface area contributed by atoms with Gasteiger partial charge < -0.3 is 0 Å². The first-order valence-electron chi connectivity index (χ1n) is 8.32. The van der Waals surface area contributed by atoms with Crippen LogP contribution < -0.4 is 5.56 Å². The summed E-state index contributed by atoms with van der Waals surface area (Å²) in [6, 6.07) is 19.6. The van der Waals surface area contributed by atoms with Gasteiger partial charge >= 0.3 is 0 Å². The van der Waals surface area contributed by atoms with Gasteiger partial charge in [0, 0.05) is 11.5 Å². The van der Waals surface area contributed by atoms with Gasteiger partial charge in [-0.2, -0.15) is 4.52 Å². The maximum Gasteiger partial charge on any atom is 0.281 e. The average Bonchev–Trinajstić information content (AvgIpc) is 2.97. The molecule has 126 valence electrons. The Bertz CT molecular complexity index is 1370. The first-order chi connectivity index (χ1) is 12.6. The molecule has 0 bridgehead atoms. The number of nitrogens with zero attached hydrogens (tertiary/aromatic N) is 3. The molecular formula is C21H14FN3O. The highest BCUT2D eigenvalue weighted by molar-refractivity contribution is 5.96. The quantitative estimate of drug-likeness (QED) is 0.457. The van der Waals surface area contributed by atoms with E-state index in [0.29, 0.717) is 22.1 Å². The Morgan fingerprint density at radius 1 is 0.923 bits per heavy atom. The van der Waals surface area contributed by atoms with E-state index in [-0.39, 0.29) is 11.4 Å². The molecule has 0 unspecified atom stereocenters. The van der Waals surface area contributed by atoms with Crippen LogP contribution in [0.5, 0.6) is 0 Å². The summed E-state index contributed by atoms with van der Waals surface area (Å²) < 4.78 is 17.2. The van der Waals surface area contributed by atoms with Crippen LogP contribution in [-0.4, -0.2) is 14.2 Å². The summed E-state index contributed by atoms with van der Waals surface area (Å²) in [6.07, 6.45) is 0. The van der Waals surface area contributed by atoms with E-state index in [1.165, 1.54) is 16.6 Å². The highest BCUT2D eigenvalue weighted by Gasteiger charge is 2.17. The molecule has 0 aliphatic rings. The van der Waals surface area contributed by atoms with E-state index >= 15 is 0 Å². The Balaban J connectivity index is 2.09. The van der Waals surface area contributed by atoms with Gasteiger partial charge in [-0.1, -0.05) is 29.8 Å². The highest BCUT2D eigenvalue weighted by Crippen LogP contribution is 2.26. The van der Waals surface area contributed by atoms with Crippen LogP contribution in [0, 0.1) is 12.7 Å². The standard InChI is InChI=1S/C21H14FN3O/c1-13-7-10-18-17(11-13)21(26)25-20(23-18)16-9-8-14(22)12-19(16)24(25)15-5-3-2-4-6-15/h2-12H,1H3. The van der Waals surface area contributed by atoms with Crippen molar-refractivity contribution in [2.24, 2.45) is 0 Å². The van der Waals surface area contributed by atoms with Crippen molar-refractivity contribution in [2.45, 2.75) is 6.92 Å². The van der Waals surface area contributed by atoms with E-state index < -0.39 is 0 Å². The SMILES string of the molecule is Cc1ccc2nc3c4ccc(F)cc4n(-c4ccccc4)n3c(=O)c2c1. The van der Waals surface area contributed by atoms with Crippen molar-refractivity contribution < 1.29 is 4.39 Å². The van der Waals surface area contributed by atoms with Crippen molar-refractivity contribution in [2.75, 3.05) is 0 Å². The summed E-state index contributed by atoms with van der Waals surface area (Å²) >= 11 is 0. The number of hydrogen-bond donors (Lipinski definition) is 0. The number of fused-ring (bicyclic) bond motifs is 4. The minimum atomic E-state index is -0.356. The van der Waals surface area contributed by atoms with Crippen molar-refractivity contribution in [1.29, 1.82) is 0 Å². The van der Waals surface area contributed by atoms with Crippen molar-refractivity contribution in [3.8, 4) is 5.69 Å². The van der Waals surface area contributed by atoms with Gasteiger partial charge in [0.2, 0.25) is 0 Å². The van der Waals surface area contributed by atoms with Gasteiger partial charge in [0.05, 0.1) is 22.1 Å². The van der Waals surface area contributed by atoms with Crippen LogP contribution >= 0.6 is 0 Å². The van der Waals surface area contributed by atoms with E-state index in [2.05, 4.69) is 0 Å². The molecule has 2 heterocycles. The van der Waals surface area contributed by atoms with Gasteiger partial charge in [-0.15, -0.1) is 0 Å². The van der Waals surface area contributed by atoms with E-state index in [1.54, 1.807) is 10.7 Å². The summed E-state index contributed by atoms with van der Waals surface area (Å²) in [6.45, 7) is 1.94. The fourth-order valence-corrected chi connectivity index (χ4v) is 3.45. The number of halogens is 1. The maximum absolute atomic E-state index is 14.0. The zero-order valence-corrected chi connectivity index (χ0v) is 14.0. The molecule has 0 aliphatic heterocycles. The number of hydrogen-bond acceptors (Lipinski definition) is 2. The monoisotopic (exact) mass is 343 g/mol. The molecule has 0 atom stereocenters. The van der Waals surface area contributed by atoms with Crippen molar-refractivity contribution in [3.63, 3.8) is 0 Å². The van der Waals surface area contributed by atoms with Gasteiger partial charge in [0.25, 0.3) is 5.56 Å². The van der Waals surface area contributed by atoms with Gasteiger partial charge in [-0.05, 0) is 43.3 Å². The molecule has 5 aromatic rings. The lowest BCUT2D eigenvalue weighted by Gasteiger charge is -2.08. The predicted molar refractivity (Wildman–Crippen MR) is 100 cm³/mol. The molecule has 5 heteroatoms. The van der Waals surface area contributed by atoms with Crippen LogP contribution in [0.4, 0.5) is 4.39 Å². The molecule has 0 fully saturated rings. The van der Waals surface area contributed by atoms with E-state index in [4.69, 9.17) is 4.98 Å². The van der Waals surface area contributed by atoms with Crippen LogP contribution in [0.25, 0.3) is 33.1 Å². The maximum atomic E-state index is 14.0. The first-order valence-corrected chi connectivity index (χ1v) is 8.32. The fraction of sp³-hybridized carbons (Fsp3) is 0.0476. The van der Waals surface area contributed by atoms with Gasteiger partial charge in [0.1, 0.15) is 5.82 Å². The molecule has 0 amide bonds. The molecule has 26 heavy (non-hydrogen) atoms. The van der Waals surface area contributed by atoms with E-state index in [9.17, 15) is 9.18 Å². The number of rotatable bonds is 1. The summed E-state index contributed by atoms with van der Waals surface area (Å²) in [5.41, 5.74) is 3.35. The van der Waals surface area contributed by atoms with E-state index in [1.807, 2.05) is 55.5 Å². The molecule has 0 N–H and O–H groups in total. The highest BCUT2D eigenvalue weighted by atomic mass is 19.1. The van der Waals surface area contributed by atoms with Crippen LogP contribution in [-0.2, 0) is 0 Å². The largest absolute Gasteiger partial charge is 0.281 e. The third-order valence-corrected chi connectivity index (χ3v) is 4.63. The molecule has 0 saturated carbocycles. The summed E-state index contributed by atoms with van der Waals surface area (Å²) in [4.78, 5) is 18.0. The van der Waals surface area contributed by atoms with Crippen LogP contribution in [0.2, 0.25) is 0 Å². The second-order valence-corrected chi connectivity index (χ2v) is 6.38. The molecular weight excluding hydrogens is 329 g/mol. The predicted octanol–water partition coefficient (Wildman–Crippen LogP) is 4.24. The van der Waals surface area contributed by atoms with Crippen molar-refractivity contribution in [1.82, 2.24) is 14.2 Å². The van der Waals surface area contributed by atoms with E-state index in [0.717, 1.165) is 16.6 Å². The number of aryl methyl sites for hydroxylation is 1. The molecule has 0 radical (unpaired) electrons. The zero-order valence-electron chi connectivity index (χ0n) is 14.0. The lowest BCUT2D eigenvalue weighted by molar-refractivity contribution is 0.628. The number of benzene rings is 3. The van der Waals surface area contributed by atoms with Crippen molar-refractivity contribution in [3.05, 3.63) is 88.5 Å². The topological polar surface area (TPSA) is 39.3 Å². The summed E-state index contributed by atoms with van der Waals surface area (Å²) in [5.74, 6) is -0.356. The molecule has 0 saturated heterocycles. The van der Waals surface area contributed by atoms with Gasteiger partial charge in [-0.3, -0.25) is 4.79 Å². The smallest absolute Gasteiger partial charge is 0.267 e.